The van der Waals surface area contributed by atoms with Gasteiger partial charge in [-0.05, 0) is 183 Å². The third kappa shape index (κ3) is 7.13. The summed E-state index contributed by atoms with van der Waals surface area (Å²) < 4.78 is 6.95. The lowest BCUT2D eigenvalue weighted by Gasteiger charge is -2.42. The van der Waals surface area contributed by atoms with Crippen molar-refractivity contribution in [3.8, 4) is 0 Å². The number of hydrogen-bond donors (Lipinski definition) is 0. The molecule has 0 N–H and O–H groups in total. The van der Waals surface area contributed by atoms with Crippen LogP contribution in [0.1, 0.15) is 116 Å². The molecule has 0 aromatic carbocycles. The molecule has 62 heavy (non-hydrogen) atoms. The van der Waals surface area contributed by atoms with Crippen LogP contribution in [0, 0.1) is 29.6 Å². The van der Waals surface area contributed by atoms with Gasteiger partial charge in [-0.2, -0.15) is 0 Å². The zero-order valence-electron chi connectivity index (χ0n) is 36.8. The van der Waals surface area contributed by atoms with Crippen LogP contribution in [-0.2, 0) is 4.74 Å². The minimum Gasteiger partial charge on any atom is -0.369 e. The quantitative estimate of drug-likeness (QED) is 0.237. The zero-order valence-corrected chi connectivity index (χ0v) is 36.8. The highest BCUT2D eigenvalue weighted by molar-refractivity contribution is 5.60. The monoisotopic (exact) mass is 816 g/mol. The van der Waals surface area contributed by atoms with Crippen molar-refractivity contribution in [2.75, 3.05) is 0 Å². The average Bonchev–Trinajstić information content (AvgIpc) is 3.73. The highest BCUT2D eigenvalue weighted by Gasteiger charge is 2.47. The Morgan fingerprint density at radius 2 is 1.48 bits per heavy atom. The van der Waals surface area contributed by atoms with Gasteiger partial charge >= 0.3 is 0 Å². The van der Waals surface area contributed by atoms with Crippen molar-refractivity contribution in [3.05, 3.63) is 200 Å². The number of hydrogen-bond acceptors (Lipinski definition) is 2. The minimum atomic E-state index is 0.234. The molecule has 11 aliphatic carbocycles. The van der Waals surface area contributed by atoms with Crippen LogP contribution >= 0.6 is 0 Å². The van der Waals surface area contributed by atoms with Gasteiger partial charge in [-0.25, -0.2) is 0 Å². The minimum absolute atomic E-state index is 0.234. The molecule has 0 aromatic heterocycles. The van der Waals surface area contributed by atoms with Crippen molar-refractivity contribution in [1.82, 2.24) is 4.90 Å². The first-order chi connectivity index (χ1) is 30.7. The Morgan fingerprint density at radius 1 is 0.581 bits per heavy atom. The van der Waals surface area contributed by atoms with E-state index in [4.69, 9.17) is 4.74 Å². The van der Waals surface area contributed by atoms with E-state index in [1.54, 1.807) is 56.0 Å². The highest BCUT2D eigenvalue weighted by atomic mass is 16.5. The summed E-state index contributed by atoms with van der Waals surface area (Å²) in [5, 5.41) is 0. The molecule has 1 fully saturated rings. The normalized spacial score (nSPS) is 34.5. The van der Waals surface area contributed by atoms with Gasteiger partial charge in [0.25, 0.3) is 0 Å². The molecule has 8 unspecified atom stereocenters. The molecule has 316 valence electrons. The van der Waals surface area contributed by atoms with E-state index in [0.717, 1.165) is 51.4 Å². The number of ether oxygens (including phenoxy) is 1. The van der Waals surface area contributed by atoms with Gasteiger partial charge in [-0.3, -0.25) is 0 Å². The van der Waals surface area contributed by atoms with E-state index in [2.05, 4.69) is 132 Å². The molecule has 0 spiro atoms. The maximum absolute atomic E-state index is 6.95. The third-order valence-electron chi connectivity index (χ3n) is 16.9. The summed E-state index contributed by atoms with van der Waals surface area (Å²) >= 11 is 0. The van der Waals surface area contributed by atoms with Crippen LogP contribution in [0.2, 0.25) is 0 Å². The van der Waals surface area contributed by atoms with Crippen LogP contribution in [0.4, 0.5) is 0 Å². The molecule has 8 atom stereocenters. The summed E-state index contributed by atoms with van der Waals surface area (Å²) in [6.07, 6.45) is 73.3. The summed E-state index contributed by atoms with van der Waals surface area (Å²) in [7, 11) is 0. The smallest absolute Gasteiger partial charge is 0.0867 e. The molecular weight excluding hydrogens is 751 g/mol. The van der Waals surface area contributed by atoms with Gasteiger partial charge in [-0.1, -0.05) is 127 Å². The second kappa shape index (κ2) is 16.8. The Hall–Kier alpha value is -4.66. The van der Waals surface area contributed by atoms with Crippen LogP contribution in [0.25, 0.3) is 0 Å². The lowest BCUT2D eigenvalue weighted by molar-refractivity contribution is 0.0420. The predicted octanol–water partition coefficient (Wildman–Crippen LogP) is 14.9. The fourth-order valence-electron chi connectivity index (χ4n) is 13.8. The van der Waals surface area contributed by atoms with E-state index in [9.17, 15) is 0 Å². The van der Waals surface area contributed by atoms with Gasteiger partial charge < -0.3 is 9.64 Å². The number of rotatable bonds is 7. The molecule has 0 aromatic rings. The standard InChI is InChI=1S/C60H65NO/c1-3-12-41(13-4-1)55-20-11-21-56-57-39-46(29-37-58(57)62-60(55)56)40-24-30-48(31-25-40)61(50-34-36-52-47(38-50)23-22-42-14-7-9-18-51(42)52)49-32-26-44(27-33-49)54-35-28-43-15-8-10-19-53(43)59(54)45-16-5-2-6-17-45/h1-5,7,10-12,14,16,19-21,26-28,30,32,38-41,49,54,56-58,60H,6,8-9,13,15,17-18,22-25,29,31,33-37H2. The number of allylic oxidation sites excluding steroid dienone is 29. The first-order valence-electron chi connectivity index (χ1n) is 25.0. The third-order valence-corrected chi connectivity index (χ3v) is 16.9. The predicted molar refractivity (Wildman–Crippen MR) is 256 cm³/mol. The van der Waals surface area contributed by atoms with Crippen molar-refractivity contribution in [2.24, 2.45) is 29.6 Å². The maximum atomic E-state index is 6.95. The van der Waals surface area contributed by atoms with Crippen LogP contribution in [0.3, 0.4) is 0 Å². The Bertz CT molecular complexity index is 2440. The van der Waals surface area contributed by atoms with Crippen LogP contribution in [0.5, 0.6) is 0 Å². The Kier molecular flexibility index (Phi) is 10.6. The molecule has 0 amide bonds. The first-order valence-corrected chi connectivity index (χ1v) is 25.0. The van der Waals surface area contributed by atoms with Crippen LogP contribution < -0.4 is 0 Å². The highest BCUT2D eigenvalue weighted by Crippen LogP contribution is 2.51. The molecule has 1 saturated heterocycles. The molecular formula is C60H65NO. The lowest BCUT2D eigenvalue weighted by atomic mass is 9.71. The molecule has 0 saturated carbocycles. The zero-order chi connectivity index (χ0) is 41.0. The first kappa shape index (κ1) is 39.0. The molecule has 2 heteroatoms. The lowest BCUT2D eigenvalue weighted by Crippen LogP contribution is -2.36. The second-order valence-corrected chi connectivity index (χ2v) is 20.2. The number of fused-ring (bicyclic) bond motifs is 5. The Labute approximate surface area is 371 Å². The van der Waals surface area contributed by atoms with E-state index in [1.165, 1.54) is 80.9 Å². The summed E-state index contributed by atoms with van der Waals surface area (Å²) in [5.74, 6) is 2.55. The van der Waals surface area contributed by atoms with E-state index < -0.39 is 0 Å². The molecule has 1 aliphatic heterocycles. The van der Waals surface area contributed by atoms with Crippen LogP contribution in [0.15, 0.2) is 200 Å². The van der Waals surface area contributed by atoms with E-state index in [0.29, 0.717) is 41.7 Å². The average molecular weight is 816 g/mol. The van der Waals surface area contributed by atoms with Crippen LogP contribution in [-0.4, -0.2) is 23.1 Å². The summed E-state index contributed by atoms with van der Waals surface area (Å²) in [5.41, 5.74) is 20.8. The molecule has 1 heterocycles. The Morgan fingerprint density at radius 3 is 2.35 bits per heavy atom. The molecule has 12 rings (SSSR count). The molecule has 2 nitrogen and oxygen atoms in total. The van der Waals surface area contributed by atoms with Gasteiger partial charge in [0.05, 0.1) is 18.2 Å². The van der Waals surface area contributed by atoms with Crippen molar-refractivity contribution in [2.45, 2.75) is 134 Å². The molecule has 0 bridgehead atoms. The Balaban J connectivity index is 0.818. The van der Waals surface area contributed by atoms with E-state index in [-0.39, 0.29) is 6.10 Å². The van der Waals surface area contributed by atoms with E-state index >= 15 is 0 Å². The van der Waals surface area contributed by atoms with E-state index in [1.807, 2.05) is 0 Å². The topological polar surface area (TPSA) is 12.5 Å². The van der Waals surface area contributed by atoms with Crippen molar-refractivity contribution in [1.29, 1.82) is 0 Å². The molecule has 0 radical (unpaired) electrons. The fraction of sp³-hybridized carbons (Fsp3) is 0.433. The van der Waals surface area contributed by atoms with Gasteiger partial charge in [0.15, 0.2) is 0 Å². The largest absolute Gasteiger partial charge is 0.369 e. The van der Waals surface area contributed by atoms with Crippen molar-refractivity contribution >= 4 is 0 Å². The summed E-state index contributed by atoms with van der Waals surface area (Å²) in [6, 6.07) is 0.361. The van der Waals surface area contributed by atoms with Gasteiger partial charge in [-0.15, -0.1) is 0 Å². The van der Waals surface area contributed by atoms with Gasteiger partial charge in [0.1, 0.15) is 0 Å². The molecule has 12 aliphatic rings. The maximum Gasteiger partial charge on any atom is 0.0867 e. The van der Waals surface area contributed by atoms with Gasteiger partial charge in [0.2, 0.25) is 0 Å². The van der Waals surface area contributed by atoms with Gasteiger partial charge in [0, 0.05) is 35.1 Å². The van der Waals surface area contributed by atoms with Crippen molar-refractivity contribution < 1.29 is 4.74 Å². The second-order valence-electron chi connectivity index (χ2n) is 20.2. The SMILES string of the molecule is C1=CCCC(C2=C3C=CCCC3=CCC2C2=CCC(N(C3=CC4=C(CC3)C3=C(C=CCC3)CC4)C3=CCC(C4=CC5C(CC4)OC4C(C6C=CC=CC6)=CC=CC45)CC3)C=C2)=C1. The van der Waals surface area contributed by atoms with Crippen molar-refractivity contribution in [3.63, 3.8) is 0 Å². The number of nitrogens with zero attached hydrogens (tertiary/aromatic N) is 1. The summed E-state index contributed by atoms with van der Waals surface area (Å²) in [4.78, 5) is 2.86. The fourth-order valence-corrected chi connectivity index (χ4v) is 13.8. The summed E-state index contributed by atoms with van der Waals surface area (Å²) in [6.45, 7) is 0.